The lowest BCUT2D eigenvalue weighted by atomic mass is 10.0. The summed E-state index contributed by atoms with van der Waals surface area (Å²) in [7, 11) is 0. The first-order valence-corrected chi connectivity index (χ1v) is 14.0. The van der Waals surface area contributed by atoms with Gasteiger partial charge in [-0.3, -0.25) is 14.9 Å². The van der Waals surface area contributed by atoms with Crippen LogP contribution in [0.1, 0.15) is 30.9 Å². The molecule has 1 aliphatic rings. The number of benzene rings is 3. The summed E-state index contributed by atoms with van der Waals surface area (Å²) in [6.45, 7) is 2.14. The van der Waals surface area contributed by atoms with Gasteiger partial charge in [-0.05, 0) is 49.4 Å². The molecule has 7 nitrogen and oxygen atoms in total. The van der Waals surface area contributed by atoms with E-state index in [9.17, 15) is 19.5 Å². The SMILES string of the molecule is C[C@H](NC(CCc1ccccc1)C(=O)OCc1ccccc1)C(=O)N1CC(Sc2ccccc2)C[C@H]1C(=O)O. The first kappa shape index (κ1) is 28.4. The summed E-state index contributed by atoms with van der Waals surface area (Å²) in [4.78, 5) is 41.2. The highest BCUT2D eigenvalue weighted by Gasteiger charge is 2.41. The third kappa shape index (κ3) is 8.18. The number of esters is 1. The summed E-state index contributed by atoms with van der Waals surface area (Å²) in [5.41, 5.74) is 1.95. The van der Waals surface area contributed by atoms with Crippen molar-refractivity contribution in [3.63, 3.8) is 0 Å². The van der Waals surface area contributed by atoms with E-state index in [0.717, 1.165) is 16.0 Å². The predicted octanol–water partition coefficient (Wildman–Crippen LogP) is 4.56. The molecule has 1 heterocycles. The van der Waals surface area contributed by atoms with Gasteiger partial charge in [-0.2, -0.15) is 0 Å². The highest BCUT2D eigenvalue weighted by molar-refractivity contribution is 8.00. The van der Waals surface area contributed by atoms with Crippen LogP contribution in [0.15, 0.2) is 95.9 Å². The van der Waals surface area contributed by atoms with Crippen LogP contribution in [0.4, 0.5) is 0 Å². The number of aryl methyl sites for hydroxylation is 1. The van der Waals surface area contributed by atoms with Gasteiger partial charge in [0.15, 0.2) is 0 Å². The van der Waals surface area contributed by atoms with E-state index in [0.29, 0.717) is 25.8 Å². The maximum atomic E-state index is 13.5. The molecule has 3 aromatic carbocycles. The molecular formula is C31H34N2O5S. The minimum Gasteiger partial charge on any atom is -0.480 e. The topological polar surface area (TPSA) is 95.9 Å². The van der Waals surface area contributed by atoms with Crippen LogP contribution in [0.25, 0.3) is 0 Å². The molecule has 2 N–H and O–H groups in total. The van der Waals surface area contributed by atoms with E-state index in [4.69, 9.17) is 4.74 Å². The number of hydrogen-bond acceptors (Lipinski definition) is 6. The van der Waals surface area contributed by atoms with Gasteiger partial charge in [0, 0.05) is 16.7 Å². The highest BCUT2D eigenvalue weighted by Crippen LogP contribution is 2.33. The van der Waals surface area contributed by atoms with E-state index in [1.54, 1.807) is 18.7 Å². The molecule has 4 rings (SSSR count). The number of amides is 1. The van der Waals surface area contributed by atoms with Crippen LogP contribution in [0.2, 0.25) is 0 Å². The van der Waals surface area contributed by atoms with Crippen molar-refractivity contribution in [3.8, 4) is 0 Å². The lowest BCUT2D eigenvalue weighted by Gasteiger charge is -2.28. The van der Waals surface area contributed by atoms with Crippen LogP contribution < -0.4 is 5.32 Å². The number of nitrogens with one attached hydrogen (secondary N) is 1. The van der Waals surface area contributed by atoms with E-state index in [1.165, 1.54) is 4.90 Å². The number of carbonyl (C=O) groups excluding carboxylic acids is 2. The molecule has 0 bridgehead atoms. The monoisotopic (exact) mass is 546 g/mol. The summed E-state index contributed by atoms with van der Waals surface area (Å²) in [6.07, 6.45) is 1.42. The standard InChI is InChI=1S/C31H34N2O5S/c1-22(29(34)33-20-26(19-28(33)30(35)36)39-25-15-9-4-10-16-25)32-27(18-17-23-11-5-2-6-12-23)31(37)38-21-24-13-7-3-8-14-24/h2-16,22,26-28,32H,17-21H2,1H3,(H,35,36)/t22-,26?,27?,28-/m0/s1. The second-order valence-electron chi connectivity index (χ2n) is 9.69. The Hall–Kier alpha value is -3.62. The molecule has 0 radical (unpaired) electrons. The van der Waals surface area contributed by atoms with Crippen LogP contribution in [0.3, 0.4) is 0 Å². The maximum Gasteiger partial charge on any atom is 0.326 e. The van der Waals surface area contributed by atoms with Crippen molar-refractivity contribution in [3.05, 3.63) is 102 Å². The zero-order valence-corrected chi connectivity index (χ0v) is 22.8. The Morgan fingerprint density at radius 1 is 0.949 bits per heavy atom. The Morgan fingerprint density at radius 2 is 1.54 bits per heavy atom. The zero-order valence-electron chi connectivity index (χ0n) is 21.9. The van der Waals surface area contributed by atoms with Gasteiger partial charge in [0.2, 0.25) is 5.91 Å². The third-order valence-electron chi connectivity index (χ3n) is 6.77. The summed E-state index contributed by atoms with van der Waals surface area (Å²) >= 11 is 1.58. The fourth-order valence-electron chi connectivity index (χ4n) is 4.73. The molecule has 0 aromatic heterocycles. The Kier molecular flexibility index (Phi) is 10.2. The van der Waals surface area contributed by atoms with Gasteiger partial charge in [-0.25, -0.2) is 4.79 Å². The number of likely N-dealkylation sites (tertiary alicyclic amines) is 1. The minimum atomic E-state index is -1.02. The summed E-state index contributed by atoms with van der Waals surface area (Å²) < 4.78 is 5.60. The molecule has 8 heteroatoms. The average molecular weight is 547 g/mol. The van der Waals surface area contributed by atoms with Crippen molar-refractivity contribution in [2.45, 2.75) is 61.1 Å². The summed E-state index contributed by atoms with van der Waals surface area (Å²) in [5.74, 6) is -1.79. The molecule has 1 saturated heterocycles. The van der Waals surface area contributed by atoms with E-state index in [-0.39, 0.29) is 17.8 Å². The number of carboxylic acid groups (broad SMARTS) is 1. The molecule has 204 valence electrons. The summed E-state index contributed by atoms with van der Waals surface area (Å²) in [6, 6.07) is 26.6. The van der Waals surface area contributed by atoms with Gasteiger partial charge < -0.3 is 14.7 Å². The van der Waals surface area contributed by atoms with E-state index < -0.39 is 30.1 Å². The number of ether oxygens (including phenoxy) is 1. The molecule has 3 aromatic rings. The number of aliphatic carboxylic acids is 1. The van der Waals surface area contributed by atoms with Crippen LogP contribution in [0, 0.1) is 0 Å². The second kappa shape index (κ2) is 14.0. The molecule has 39 heavy (non-hydrogen) atoms. The minimum absolute atomic E-state index is 0.0330. The molecule has 0 aliphatic carbocycles. The molecule has 0 saturated carbocycles. The third-order valence-corrected chi connectivity index (χ3v) is 7.99. The Bertz CT molecular complexity index is 1230. The molecule has 2 unspecified atom stereocenters. The largest absolute Gasteiger partial charge is 0.480 e. The Labute approximate surface area is 233 Å². The number of rotatable bonds is 12. The second-order valence-corrected chi connectivity index (χ2v) is 11.1. The van der Waals surface area contributed by atoms with Gasteiger partial charge in [0.1, 0.15) is 18.7 Å². The molecule has 1 fully saturated rings. The van der Waals surface area contributed by atoms with Gasteiger partial charge in [0.25, 0.3) is 0 Å². The highest BCUT2D eigenvalue weighted by atomic mass is 32.2. The predicted molar refractivity (Wildman–Crippen MR) is 151 cm³/mol. The number of hydrogen-bond donors (Lipinski definition) is 2. The van der Waals surface area contributed by atoms with E-state index in [2.05, 4.69) is 5.32 Å². The van der Waals surface area contributed by atoms with Crippen molar-refractivity contribution < 1.29 is 24.2 Å². The molecule has 1 aliphatic heterocycles. The molecular weight excluding hydrogens is 512 g/mol. The Balaban J connectivity index is 1.42. The zero-order chi connectivity index (χ0) is 27.6. The van der Waals surface area contributed by atoms with E-state index >= 15 is 0 Å². The van der Waals surface area contributed by atoms with Crippen molar-refractivity contribution in [2.24, 2.45) is 0 Å². The van der Waals surface area contributed by atoms with Crippen LogP contribution in [0.5, 0.6) is 0 Å². The lowest BCUT2D eigenvalue weighted by Crippen LogP contribution is -2.53. The number of carboxylic acids is 1. The maximum absolute atomic E-state index is 13.5. The summed E-state index contributed by atoms with van der Waals surface area (Å²) in [5, 5.41) is 13.0. The lowest BCUT2D eigenvalue weighted by molar-refractivity contribution is -0.151. The normalized spacial score (nSPS) is 18.3. The quantitative estimate of drug-likeness (QED) is 0.322. The van der Waals surface area contributed by atoms with Crippen LogP contribution in [-0.4, -0.2) is 57.8 Å². The van der Waals surface area contributed by atoms with Crippen molar-refractivity contribution in [1.29, 1.82) is 0 Å². The number of thioether (sulfide) groups is 1. The smallest absolute Gasteiger partial charge is 0.326 e. The Morgan fingerprint density at radius 3 is 2.15 bits per heavy atom. The van der Waals surface area contributed by atoms with Crippen LogP contribution >= 0.6 is 11.8 Å². The fourth-order valence-corrected chi connectivity index (χ4v) is 5.94. The first-order valence-electron chi connectivity index (χ1n) is 13.2. The van der Waals surface area contributed by atoms with Crippen molar-refractivity contribution in [1.82, 2.24) is 10.2 Å². The fraction of sp³-hybridized carbons (Fsp3) is 0.323. The van der Waals surface area contributed by atoms with Crippen LogP contribution in [-0.2, 0) is 32.1 Å². The number of carbonyl (C=O) groups is 3. The average Bonchev–Trinajstić information content (AvgIpc) is 3.39. The number of nitrogens with zero attached hydrogens (tertiary/aromatic N) is 1. The molecule has 1 amide bonds. The van der Waals surface area contributed by atoms with Gasteiger partial charge >= 0.3 is 11.9 Å². The van der Waals surface area contributed by atoms with Crippen molar-refractivity contribution >= 4 is 29.6 Å². The molecule has 0 spiro atoms. The first-order chi connectivity index (χ1) is 18.9. The van der Waals surface area contributed by atoms with Crippen molar-refractivity contribution in [2.75, 3.05) is 6.54 Å². The van der Waals surface area contributed by atoms with E-state index in [1.807, 2.05) is 91.0 Å². The van der Waals surface area contributed by atoms with Gasteiger partial charge in [-0.1, -0.05) is 78.9 Å². The van der Waals surface area contributed by atoms with Gasteiger partial charge in [0.05, 0.1) is 6.04 Å². The van der Waals surface area contributed by atoms with Gasteiger partial charge in [-0.15, -0.1) is 11.8 Å². The molecule has 4 atom stereocenters.